The van der Waals surface area contributed by atoms with Crippen LogP contribution in [0.5, 0.6) is 5.75 Å². The van der Waals surface area contributed by atoms with Crippen molar-refractivity contribution in [1.82, 2.24) is 4.98 Å². The third-order valence-electron chi connectivity index (χ3n) is 3.44. The van der Waals surface area contributed by atoms with Gasteiger partial charge < -0.3 is 10.1 Å². The van der Waals surface area contributed by atoms with Crippen molar-refractivity contribution < 1.29 is 22.7 Å². The molecule has 2 aromatic carbocycles. The summed E-state index contributed by atoms with van der Waals surface area (Å²) in [6.45, 7) is 0.285. The van der Waals surface area contributed by atoms with E-state index in [4.69, 9.17) is 4.74 Å². The van der Waals surface area contributed by atoms with Crippen molar-refractivity contribution in [3.05, 3.63) is 76.2 Å². The van der Waals surface area contributed by atoms with Crippen LogP contribution >= 0.6 is 11.3 Å². The van der Waals surface area contributed by atoms with Crippen LogP contribution in [0.2, 0.25) is 0 Å². The van der Waals surface area contributed by atoms with Gasteiger partial charge in [0.15, 0.2) is 0 Å². The molecule has 0 spiro atoms. The minimum Gasteiger partial charge on any atom is -0.487 e. The maximum absolute atomic E-state index is 12.6. The highest BCUT2D eigenvalue weighted by molar-refractivity contribution is 7.07. The van der Waals surface area contributed by atoms with Gasteiger partial charge in [0.05, 0.1) is 16.8 Å². The number of benzene rings is 2. The summed E-state index contributed by atoms with van der Waals surface area (Å²) in [5, 5.41) is 4.42. The van der Waals surface area contributed by atoms with Crippen molar-refractivity contribution in [2.75, 3.05) is 5.32 Å². The predicted molar refractivity (Wildman–Crippen MR) is 92.3 cm³/mol. The van der Waals surface area contributed by atoms with Gasteiger partial charge in [-0.3, -0.25) is 4.79 Å². The van der Waals surface area contributed by atoms with Crippen molar-refractivity contribution in [3.8, 4) is 5.75 Å². The molecule has 0 bridgehead atoms. The number of hydrogen-bond acceptors (Lipinski definition) is 4. The maximum atomic E-state index is 12.6. The van der Waals surface area contributed by atoms with E-state index in [-0.39, 0.29) is 12.3 Å². The van der Waals surface area contributed by atoms with Crippen LogP contribution in [-0.4, -0.2) is 10.9 Å². The fraction of sp³-hybridized carbons (Fsp3) is 0.111. The molecule has 0 radical (unpaired) electrons. The smallest absolute Gasteiger partial charge is 0.416 e. The molecular weight excluding hydrogens is 365 g/mol. The van der Waals surface area contributed by atoms with E-state index in [1.165, 1.54) is 23.5 Å². The summed E-state index contributed by atoms with van der Waals surface area (Å²) >= 11 is 1.46. The molecule has 134 valence electrons. The van der Waals surface area contributed by atoms with Gasteiger partial charge in [-0.05, 0) is 42.5 Å². The minimum atomic E-state index is -4.41. The average Bonchev–Trinajstić information content (AvgIpc) is 3.13. The molecule has 8 heteroatoms. The van der Waals surface area contributed by atoms with Crippen LogP contribution in [-0.2, 0) is 12.8 Å². The highest BCUT2D eigenvalue weighted by Crippen LogP contribution is 2.30. The number of rotatable bonds is 5. The summed E-state index contributed by atoms with van der Waals surface area (Å²) in [6.07, 6.45) is -4.41. The molecule has 0 fully saturated rings. The zero-order chi connectivity index (χ0) is 18.6. The predicted octanol–water partition coefficient (Wildman–Crippen LogP) is 4.99. The number of alkyl halides is 3. The third-order valence-corrected chi connectivity index (χ3v) is 4.07. The summed E-state index contributed by atoms with van der Waals surface area (Å²) in [4.78, 5) is 16.4. The Hall–Kier alpha value is -2.87. The van der Waals surface area contributed by atoms with E-state index < -0.39 is 17.6 Å². The van der Waals surface area contributed by atoms with Crippen molar-refractivity contribution >= 4 is 22.9 Å². The van der Waals surface area contributed by atoms with E-state index in [9.17, 15) is 18.0 Å². The Bertz CT molecular complexity index is 878. The Balaban J connectivity index is 1.65. The van der Waals surface area contributed by atoms with Crippen LogP contribution in [0.15, 0.2) is 59.4 Å². The van der Waals surface area contributed by atoms with Crippen molar-refractivity contribution in [2.24, 2.45) is 0 Å². The van der Waals surface area contributed by atoms with E-state index in [1.807, 2.05) is 5.38 Å². The normalized spacial score (nSPS) is 11.2. The number of anilines is 1. The van der Waals surface area contributed by atoms with Gasteiger partial charge in [0.25, 0.3) is 5.91 Å². The zero-order valence-corrected chi connectivity index (χ0v) is 14.1. The largest absolute Gasteiger partial charge is 0.487 e. The topological polar surface area (TPSA) is 51.2 Å². The van der Waals surface area contributed by atoms with Gasteiger partial charge in [0, 0.05) is 16.6 Å². The highest BCUT2D eigenvalue weighted by Gasteiger charge is 2.30. The first kappa shape index (κ1) is 17.9. The number of halogens is 3. The van der Waals surface area contributed by atoms with E-state index in [0.717, 1.165) is 17.8 Å². The lowest BCUT2D eigenvalue weighted by Crippen LogP contribution is -2.12. The summed E-state index contributed by atoms with van der Waals surface area (Å²) in [5.74, 6) is 0.0573. The fourth-order valence-electron chi connectivity index (χ4n) is 2.14. The molecule has 0 saturated carbocycles. The number of nitrogens with zero attached hydrogens (tertiary/aromatic N) is 1. The number of carbonyl (C=O) groups excluding carboxylic acids is 1. The highest BCUT2D eigenvalue weighted by atomic mass is 32.1. The molecule has 0 aliphatic carbocycles. The van der Waals surface area contributed by atoms with Gasteiger partial charge in [-0.2, -0.15) is 13.2 Å². The Morgan fingerprint density at radius 1 is 1.15 bits per heavy atom. The van der Waals surface area contributed by atoms with Gasteiger partial charge in [-0.15, -0.1) is 11.3 Å². The summed E-state index contributed by atoms with van der Waals surface area (Å²) in [6, 6.07) is 10.8. The second kappa shape index (κ2) is 7.57. The van der Waals surface area contributed by atoms with Crippen molar-refractivity contribution in [2.45, 2.75) is 12.8 Å². The summed E-state index contributed by atoms with van der Waals surface area (Å²) in [5.41, 5.74) is 2.33. The molecule has 4 nitrogen and oxygen atoms in total. The Labute approximate surface area is 151 Å². The van der Waals surface area contributed by atoms with Gasteiger partial charge in [0.1, 0.15) is 12.4 Å². The minimum absolute atomic E-state index is 0.275. The first-order chi connectivity index (χ1) is 12.4. The molecular formula is C18H13F3N2O2S. The van der Waals surface area contributed by atoms with Crippen LogP contribution in [0, 0.1) is 0 Å². The Morgan fingerprint density at radius 2 is 1.92 bits per heavy atom. The van der Waals surface area contributed by atoms with E-state index >= 15 is 0 Å². The number of thiazole rings is 1. The number of ether oxygens (including phenoxy) is 1. The number of nitrogens with one attached hydrogen (secondary N) is 1. The van der Waals surface area contributed by atoms with Crippen LogP contribution in [0.4, 0.5) is 18.9 Å². The lowest BCUT2D eigenvalue weighted by Gasteiger charge is -2.10. The molecule has 0 atom stereocenters. The van der Waals surface area contributed by atoms with Gasteiger partial charge in [-0.1, -0.05) is 6.07 Å². The quantitative estimate of drug-likeness (QED) is 0.680. The lowest BCUT2D eigenvalue weighted by molar-refractivity contribution is -0.137. The van der Waals surface area contributed by atoms with E-state index in [2.05, 4.69) is 10.3 Å². The monoisotopic (exact) mass is 378 g/mol. The van der Waals surface area contributed by atoms with E-state index in [0.29, 0.717) is 11.3 Å². The third kappa shape index (κ3) is 4.60. The Morgan fingerprint density at radius 3 is 2.58 bits per heavy atom. The standard InChI is InChI=1S/C18H13F3N2O2S/c19-18(20,21)13-4-6-14(7-5-13)23-17(24)12-2-1-3-16(8-12)25-9-15-10-26-11-22-15/h1-8,10-11H,9H2,(H,23,24). The first-order valence-electron chi connectivity index (χ1n) is 7.50. The molecule has 0 aliphatic rings. The lowest BCUT2D eigenvalue weighted by atomic mass is 10.1. The Kier molecular flexibility index (Phi) is 5.22. The van der Waals surface area contributed by atoms with Crippen molar-refractivity contribution in [1.29, 1.82) is 0 Å². The second-order valence-corrected chi connectivity index (χ2v) is 6.04. The maximum Gasteiger partial charge on any atom is 0.416 e. The van der Waals surface area contributed by atoms with Gasteiger partial charge in [0.2, 0.25) is 0 Å². The number of amides is 1. The van der Waals surface area contributed by atoms with Crippen LogP contribution in [0.25, 0.3) is 0 Å². The molecule has 0 saturated heterocycles. The van der Waals surface area contributed by atoms with Crippen LogP contribution in [0.1, 0.15) is 21.6 Å². The summed E-state index contributed by atoms with van der Waals surface area (Å²) < 4.78 is 43.3. The molecule has 0 unspecified atom stereocenters. The number of aromatic nitrogens is 1. The SMILES string of the molecule is O=C(Nc1ccc(C(F)(F)F)cc1)c1cccc(OCc2cscn2)c1. The molecule has 3 aromatic rings. The summed E-state index contributed by atoms with van der Waals surface area (Å²) in [7, 11) is 0. The molecule has 1 aromatic heterocycles. The number of carbonyl (C=O) groups is 1. The number of hydrogen-bond donors (Lipinski definition) is 1. The van der Waals surface area contributed by atoms with Crippen LogP contribution < -0.4 is 10.1 Å². The molecule has 1 heterocycles. The zero-order valence-electron chi connectivity index (χ0n) is 13.3. The molecule has 0 aliphatic heterocycles. The van der Waals surface area contributed by atoms with Crippen molar-refractivity contribution in [3.63, 3.8) is 0 Å². The average molecular weight is 378 g/mol. The molecule has 1 N–H and O–H groups in total. The molecule has 26 heavy (non-hydrogen) atoms. The first-order valence-corrected chi connectivity index (χ1v) is 8.44. The van der Waals surface area contributed by atoms with E-state index in [1.54, 1.807) is 29.8 Å². The van der Waals surface area contributed by atoms with Gasteiger partial charge >= 0.3 is 6.18 Å². The molecule has 3 rings (SSSR count). The van der Waals surface area contributed by atoms with Crippen LogP contribution in [0.3, 0.4) is 0 Å². The molecule has 1 amide bonds. The van der Waals surface area contributed by atoms with Gasteiger partial charge in [-0.25, -0.2) is 4.98 Å². The second-order valence-electron chi connectivity index (χ2n) is 5.33. The fourth-order valence-corrected chi connectivity index (χ4v) is 2.68.